The van der Waals surface area contributed by atoms with Gasteiger partial charge in [0, 0.05) is 6.20 Å². The number of fused-ring (bicyclic) bond motifs is 1. The van der Waals surface area contributed by atoms with Crippen LogP contribution in [0.25, 0.3) is 10.8 Å². The first kappa shape index (κ1) is 13.7. The van der Waals surface area contributed by atoms with Gasteiger partial charge in [-0.25, -0.2) is 9.67 Å². The van der Waals surface area contributed by atoms with Gasteiger partial charge < -0.3 is 5.32 Å². The van der Waals surface area contributed by atoms with Gasteiger partial charge in [-0.05, 0) is 24.3 Å². The number of amides is 1. The number of anilines is 1. The molecule has 0 saturated heterocycles. The summed E-state index contributed by atoms with van der Waals surface area (Å²) < 4.78 is 0.989. The summed E-state index contributed by atoms with van der Waals surface area (Å²) in [4.78, 5) is 40.1. The first-order chi connectivity index (χ1) is 10.6. The zero-order valence-corrected chi connectivity index (χ0v) is 11.4. The Labute approximate surface area is 124 Å². The smallest absolute Gasteiger partial charge is 0.273 e. The predicted octanol–water partition coefficient (Wildman–Crippen LogP) is 0.723. The molecule has 3 rings (SSSR count). The van der Waals surface area contributed by atoms with Crippen LogP contribution in [0.2, 0.25) is 0 Å². The number of carbonyl (C=O) groups is 1. The lowest BCUT2D eigenvalue weighted by Gasteiger charge is -2.07. The number of benzene rings is 1. The zero-order valence-electron chi connectivity index (χ0n) is 11.4. The van der Waals surface area contributed by atoms with Gasteiger partial charge in [-0.15, -0.1) is 0 Å². The molecule has 110 valence electrons. The number of H-pyrrole nitrogens is 1. The normalized spacial score (nSPS) is 10.5. The molecule has 1 amide bonds. The van der Waals surface area contributed by atoms with Gasteiger partial charge in [0.25, 0.3) is 11.1 Å². The Bertz CT molecular complexity index is 944. The third-order valence-corrected chi connectivity index (χ3v) is 3.12. The number of nitrogens with zero attached hydrogens (tertiary/aromatic N) is 2. The number of pyridine rings is 1. The van der Waals surface area contributed by atoms with Crippen molar-refractivity contribution in [1.82, 2.24) is 14.8 Å². The van der Waals surface area contributed by atoms with Gasteiger partial charge in [-0.1, -0.05) is 18.2 Å². The minimum atomic E-state index is -0.452. The zero-order chi connectivity index (χ0) is 15.5. The number of aromatic amines is 1. The summed E-state index contributed by atoms with van der Waals surface area (Å²) in [7, 11) is 0. The molecule has 7 heteroatoms. The predicted molar refractivity (Wildman–Crippen MR) is 81.7 cm³/mol. The molecule has 3 aromatic rings. The van der Waals surface area contributed by atoms with E-state index in [0.29, 0.717) is 11.2 Å². The average Bonchev–Trinajstić information content (AvgIpc) is 2.53. The van der Waals surface area contributed by atoms with Crippen LogP contribution in [0.4, 0.5) is 5.82 Å². The molecule has 0 atom stereocenters. The summed E-state index contributed by atoms with van der Waals surface area (Å²) in [5.74, 6) is -0.0737. The highest BCUT2D eigenvalue weighted by Crippen LogP contribution is 2.03. The maximum absolute atomic E-state index is 12.3. The summed E-state index contributed by atoms with van der Waals surface area (Å²) in [6.45, 7) is -0.296. The second kappa shape index (κ2) is 5.65. The molecule has 7 nitrogen and oxygen atoms in total. The van der Waals surface area contributed by atoms with Crippen molar-refractivity contribution in [2.24, 2.45) is 0 Å². The van der Waals surface area contributed by atoms with E-state index in [1.54, 1.807) is 48.7 Å². The van der Waals surface area contributed by atoms with E-state index in [2.05, 4.69) is 15.4 Å². The molecule has 0 radical (unpaired) electrons. The second-order valence-corrected chi connectivity index (χ2v) is 4.64. The van der Waals surface area contributed by atoms with Crippen LogP contribution in [-0.2, 0) is 11.3 Å². The molecular weight excluding hydrogens is 284 g/mol. The Kier molecular flexibility index (Phi) is 3.53. The van der Waals surface area contributed by atoms with Crippen molar-refractivity contribution in [2.45, 2.75) is 6.54 Å². The van der Waals surface area contributed by atoms with Gasteiger partial charge in [-0.2, -0.15) is 0 Å². The number of aromatic nitrogens is 3. The van der Waals surface area contributed by atoms with Crippen LogP contribution < -0.4 is 16.4 Å². The molecule has 2 heterocycles. The lowest BCUT2D eigenvalue weighted by atomic mass is 10.2. The molecule has 2 aromatic heterocycles. The van der Waals surface area contributed by atoms with E-state index in [-0.39, 0.29) is 11.9 Å². The van der Waals surface area contributed by atoms with Crippen molar-refractivity contribution in [3.05, 3.63) is 69.4 Å². The molecule has 0 bridgehead atoms. The Hall–Kier alpha value is -3.22. The van der Waals surface area contributed by atoms with E-state index >= 15 is 0 Å². The van der Waals surface area contributed by atoms with E-state index in [9.17, 15) is 14.4 Å². The highest BCUT2D eigenvalue weighted by Gasteiger charge is 2.10. The van der Waals surface area contributed by atoms with Crippen molar-refractivity contribution >= 4 is 22.5 Å². The van der Waals surface area contributed by atoms with Gasteiger partial charge in [0.2, 0.25) is 5.91 Å². The molecule has 1 aromatic carbocycles. The number of hydrogen-bond donors (Lipinski definition) is 2. The molecular formula is C15H12N4O3. The standard InChI is InChI=1S/C15H12N4O3/c20-13(17-12-7-3-4-8-16-12)9-19-15(22)11-6-2-1-5-10(11)14(21)18-19/h1-8H,9H2,(H,18,21)(H,16,17,20). The van der Waals surface area contributed by atoms with Gasteiger partial charge in [0.1, 0.15) is 12.4 Å². The van der Waals surface area contributed by atoms with Gasteiger partial charge in [-0.3, -0.25) is 19.5 Å². The third-order valence-electron chi connectivity index (χ3n) is 3.12. The first-order valence-corrected chi connectivity index (χ1v) is 6.58. The van der Waals surface area contributed by atoms with Gasteiger partial charge >= 0.3 is 0 Å². The van der Waals surface area contributed by atoms with Crippen LogP contribution in [0, 0.1) is 0 Å². The molecule has 0 unspecified atom stereocenters. The van der Waals surface area contributed by atoms with Crippen molar-refractivity contribution in [3.8, 4) is 0 Å². The fraction of sp³-hybridized carbons (Fsp3) is 0.0667. The van der Waals surface area contributed by atoms with E-state index < -0.39 is 17.0 Å². The Balaban J connectivity index is 1.91. The second-order valence-electron chi connectivity index (χ2n) is 4.64. The Morgan fingerprint density at radius 3 is 2.55 bits per heavy atom. The minimum Gasteiger partial charge on any atom is -0.309 e. The van der Waals surface area contributed by atoms with Crippen molar-refractivity contribution < 1.29 is 4.79 Å². The molecule has 0 aliphatic carbocycles. The summed E-state index contributed by atoms with van der Waals surface area (Å²) >= 11 is 0. The molecule has 0 saturated carbocycles. The van der Waals surface area contributed by atoms with Crippen LogP contribution in [0.5, 0.6) is 0 Å². The quantitative estimate of drug-likeness (QED) is 0.744. The van der Waals surface area contributed by atoms with Crippen LogP contribution in [0.15, 0.2) is 58.3 Å². The molecule has 22 heavy (non-hydrogen) atoms. The molecule has 0 spiro atoms. The van der Waals surface area contributed by atoms with E-state index in [1.165, 1.54) is 0 Å². The average molecular weight is 296 g/mol. The Morgan fingerprint density at radius 1 is 1.09 bits per heavy atom. The maximum Gasteiger partial charge on any atom is 0.273 e. The summed E-state index contributed by atoms with van der Waals surface area (Å²) in [5, 5.41) is 5.53. The first-order valence-electron chi connectivity index (χ1n) is 6.58. The van der Waals surface area contributed by atoms with Gasteiger partial charge in [0.05, 0.1) is 10.8 Å². The lowest BCUT2D eigenvalue weighted by Crippen LogP contribution is -2.34. The van der Waals surface area contributed by atoms with Crippen molar-refractivity contribution in [3.63, 3.8) is 0 Å². The molecule has 2 N–H and O–H groups in total. The maximum atomic E-state index is 12.3. The third kappa shape index (κ3) is 2.64. The molecule has 0 aliphatic heterocycles. The van der Waals surface area contributed by atoms with Crippen molar-refractivity contribution in [1.29, 1.82) is 0 Å². The highest BCUT2D eigenvalue weighted by molar-refractivity contribution is 5.89. The largest absolute Gasteiger partial charge is 0.309 e. The summed E-state index contributed by atoms with van der Waals surface area (Å²) in [6, 6.07) is 11.5. The number of nitrogens with one attached hydrogen (secondary N) is 2. The van der Waals surface area contributed by atoms with E-state index in [4.69, 9.17) is 0 Å². The van der Waals surface area contributed by atoms with Crippen LogP contribution in [-0.4, -0.2) is 20.7 Å². The molecule has 0 fully saturated rings. The van der Waals surface area contributed by atoms with Crippen molar-refractivity contribution in [2.75, 3.05) is 5.32 Å². The number of hydrogen-bond acceptors (Lipinski definition) is 4. The van der Waals surface area contributed by atoms with Crippen LogP contribution in [0.3, 0.4) is 0 Å². The SMILES string of the molecule is O=C(Cn1[nH]c(=O)c2ccccc2c1=O)Nc1ccccn1. The van der Waals surface area contributed by atoms with E-state index in [1.807, 2.05) is 0 Å². The number of rotatable bonds is 3. The monoisotopic (exact) mass is 296 g/mol. The van der Waals surface area contributed by atoms with Gasteiger partial charge in [0.15, 0.2) is 0 Å². The molecule has 0 aliphatic rings. The highest BCUT2D eigenvalue weighted by atomic mass is 16.2. The Morgan fingerprint density at radius 2 is 1.82 bits per heavy atom. The van der Waals surface area contributed by atoms with Crippen LogP contribution >= 0.6 is 0 Å². The summed E-state index contributed by atoms with van der Waals surface area (Å²) in [5.41, 5.74) is -0.841. The van der Waals surface area contributed by atoms with Crippen LogP contribution in [0.1, 0.15) is 0 Å². The summed E-state index contributed by atoms with van der Waals surface area (Å²) in [6.07, 6.45) is 1.54. The van der Waals surface area contributed by atoms with E-state index in [0.717, 1.165) is 4.68 Å². The fourth-order valence-corrected chi connectivity index (χ4v) is 2.12. The number of carbonyl (C=O) groups excluding carboxylic acids is 1. The fourth-order valence-electron chi connectivity index (χ4n) is 2.12. The minimum absolute atomic E-state index is 0.275. The topological polar surface area (TPSA) is 96.9 Å². The lowest BCUT2D eigenvalue weighted by molar-refractivity contribution is -0.117.